The quantitative estimate of drug-likeness (QED) is 0.681. The van der Waals surface area contributed by atoms with E-state index in [0.717, 1.165) is 0 Å². The Morgan fingerprint density at radius 2 is 2.18 bits per heavy atom. The minimum absolute atomic E-state index is 0.00235. The fourth-order valence-electron chi connectivity index (χ4n) is 2.55. The van der Waals surface area contributed by atoms with E-state index >= 15 is 0 Å². The van der Waals surface area contributed by atoms with Crippen LogP contribution in [0.5, 0.6) is 0 Å². The van der Waals surface area contributed by atoms with Gasteiger partial charge in [-0.2, -0.15) is 0 Å². The van der Waals surface area contributed by atoms with Crippen molar-refractivity contribution in [2.45, 2.75) is 25.0 Å². The molecule has 1 aromatic heterocycles. The maximum absolute atomic E-state index is 12.5. The van der Waals surface area contributed by atoms with Crippen LogP contribution in [-0.2, 0) is 0 Å². The molecule has 2 heterocycles. The second kappa shape index (κ2) is 5.19. The third-order valence-electron chi connectivity index (χ3n) is 4.10. The summed E-state index contributed by atoms with van der Waals surface area (Å²) >= 11 is 0. The van der Waals surface area contributed by atoms with Crippen molar-refractivity contribution in [3.63, 3.8) is 0 Å². The molecule has 22 heavy (non-hydrogen) atoms. The molecule has 1 aliphatic heterocycles. The molecule has 0 radical (unpaired) electrons. The fraction of sp³-hybridized carbons (Fsp3) is 0.400. The Bertz CT molecular complexity index is 784. The number of aromatic nitrogens is 2. The average Bonchev–Trinajstić information content (AvgIpc) is 2.49. The Labute approximate surface area is 126 Å². The van der Waals surface area contributed by atoms with Crippen LogP contribution in [0.25, 0.3) is 10.9 Å². The van der Waals surface area contributed by atoms with E-state index in [-0.39, 0.29) is 24.3 Å². The topological polar surface area (TPSA) is 107 Å². The monoisotopic (exact) mass is 303 g/mol. The SMILES string of the molecule is C[C@@]1(O)CCN(C(=O)c2nc3ccccc3c(=O)[nH]2)C[C@@H]1O. The Balaban J connectivity index is 1.91. The van der Waals surface area contributed by atoms with Crippen LogP contribution < -0.4 is 5.56 Å². The second-order valence-corrected chi connectivity index (χ2v) is 5.81. The third kappa shape index (κ3) is 2.49. The first-order chi connectivity index (χ1) is 10.4. The number of piperidine rings is 1. The van der Waals surface area contributed by atoms with E-state index in [0.29, 0.717) is 17.4 Å². The summed E-state index contributed by atoms with van der Waals surface area (Å²) in [5, 5.41) is 20.2. The van der Waals surface area contributed by atoms with Gasteiger partial charge in [-0.25, -0.2) is 4.98 Å². The van der Waals surface area contributed by atoms with Crippen molar-refractivity contribution < 1.29 is 15.0 Å². The lowest BCUT2D eigenvalue weighted by Crippen LogP contribution is -2.55. The number of carbonyl (C=O) groups excluding carboxylic acids is 1. The summed E-state index contributed by atoms with van der Waals surface area (Å²) < 4.78 is 0. The van der Waals surface area contributed by atoms with Gasteiger partial charge in [-0.3, -0.25) is 9.59 Å². The van der Waals surface area contributed by atoms with E-state index in [4.69, 9.17) is 0 Å². The highest BCUT2D eigenvalue weighted by Gasteiger charge is 2.38. The van der Waals surface area contributed by atoms with E-state index < -0.39 is 17.6 Å². The van der Waals surface area contributed by atoms with Crippen LogP contribution in [0.3, 0.4) is 0 Å². The van der Waals surface area contributed by atoms with Crippen LogP contribution in [0.1, 0.15) is 24.0 Å². The first-order valence-corrected chi connectivity index (χ1v) is 7.07. The largest absolute Gasteiger partial charge is 0.388 e. The Hall–Kier alpha value is -2.25. The van der Waals surface area contributed by atoms with Gasteiger partial charge in [0.25, 0.3) is 11.5 Å². The number of rotatable bonds is 1. The van der Waals surface area contributed by atoms with Crippen molar-refractivity contribution in [2.24, 2.45) is 0 Å². The van der Waals surface area contributed by atoms with E-state index in [1.54, 1.807) is 24.3 Å². The van der Waals surface area contributed by atoms with Crippen molar-refractivity contribution in [3.8, 4) is 0 Å². The van der Waals surface area contributed by atoms with Gasteiger partial charge in [0.2, 0.25) is 0 Å². The molecule has 1 amide bonds. The van der Waals surface area contributed by atoms with Gasteiger partial charge in [-0.1, -0.05) is 12.1 Å². The van der Waals surface area contributed by atoms with E-state index in [9.17, 15) is 19.8 Å². The number of nitrogens with one attached hydrogen (secondary N) is 1. The molecule has 2 aromatic rings. The molecule has 0 aliphatic carbocycles. The molecule has 2 atom stereocenters. The molecule has 0 bridgehead atoms. The summed E-state index contributed by atoms with van der Waals surface area (Å²) in [6.45, 7) is 1.83. The van der Waals surface area contributed by atoms with Crippen molar-refractivity contribution in [1.82, 2.24) is 14.9 Å². The lowest BCUT2D eigenvalue weighted by Gasteiger charge is -2.39. The number of para-hydroxylation sites is 1. The number of hydrogen-bond acceptors (Lipinski definition) is 5. The molecule has 7 nitrogen and oxygen atoms in total. The van der Waals surface area contributed by atoms with Crippen molar-refractivity contribution in [3.05, 3.63) is 40.4 Å². The van der Waals surface area contributed by atoms with Crippen LogP contribution in [0.15, 0.2) is 29.1 Å². The first-order valence-electron chi connectivity index (χ1n) is 7.07. The van der Waals surface area contributed by atoms with E-state index in [2.05, 4.69) is 9.97 Å². The maximum Gasteiger partial charge on any atom is 0.289 e. The van der Waals surface area contributed by atoms with Crippen LogP contribution >= 0.6 is 0 Å². The number of fused-ring (bicyclic) bond motifs is 1. The number of aromatic amines is 1. The van der Waals surface area contributed by atoms with E-state index in [1.165, 1.54) is 11.8 Å². The number of likely N-dealkylation sites (tertiary alicyclic amines) is 1. The maximum atomic E-state index is 12.5. The Kier molecular flexibility index (Phi) is 3.46. The second-order valence-electron chi connectivity index (χ2n) is 5.81. The number of carbonyl (C=O) groups is 1. The molecular formula is C15H17N3O4. The summed E-state index contributed by atoms with van der Waals surface area (Å²) in [6.07, 6.45) is -0.769. The van der Waals surface area contributed by atoms with Gasteiger partial charge in [0.1, 0.15) is 0 Å². The van der Waals surface area contributed by atoms with Gasteiger partial charge in [-0.15, -0.1) is 0 Å². The zero-order valence-corrected chi connectivity index (χ0v) is 12.1. The first kappa shape index (κ1) is 14.7. The highest BCUT2D eigenvalue weighted by molar-refractivity contribution is 5.92. The Morgan fingerprint density at radius 1 is 1.45 bits per heavy atom. The Morgan fingerprint density at radius 3 is 2.91 bits per heavy atom. The molecule has 3 N–H and O–H groups in total. The van der Waals surface area contributed by atoms with Crippen LogP contribution in [0.2, 0.25) is 0 Å². The number of H-pyrrole nitrogens is 1. The van der Waals surface area contributed by atoms with Crippen molar-refractivity contribution >= 4 is 16.8 Å². The standard InChI is InChI=1S/C15H17N3O4/c1-15(22)6-7-18(8-11(15)19)14(21)12-16-10-5-3-2-4-9(10)13(20)17-12/h2-5,11,19,22H,6-8H2,1H3,(H,16,17,20)/t11-,15+/m0/s1. The van der Waals surface area contributed by atoms with Gasteiger partial charge in [0.15, 0.2) is 5.82 Å². The molecule has 1 saturated heterocycles. The zero-order valence-electron chi connectivity index (χ0n) is 12.1. The van der Waals surface area contributed by atoms with Gasteiger partial charge < -0.3 is 20.1 Å². The number of aliphatic hydroxyl groups is 2. The number of benzene rings is 1. The van der Waals surface area contributed by atoms with Gasteiger partial charge in [0, 0.05) is 13.1 Å². The number of nitrogens with zero attached hydrogens (tertiary/aromatic N) is 2. The fourth-order valence-corrected chi connectivity index (χ4v) is 2.55. The summed E-state index contributed by atoms with van der Waals surface area (Å²) in [5.41, 5.74) is -1.14. The van der Waals surface area contributed by atoms with Crippen molar-refractivity contribution in [2.75, 3.05) is 13.1 Å². The van der Waals surface area contributed by atoms with E-state index in [1.807, 2.05) is 0 Å². The average molecular weight is 303 g/mol. The summed E-state index contributed by atoms with van der Waals surface area (Å²) in [4.78, 5) is 32.5. The van der Waals surface area contributed by atoms with Crippen molar-refractivity contribution in [1.29, 1.82) is 0 Å². The molecule has 0 unspecified atom stereocenters. The molecule has 1 fully saturated rings. The minimum atomic E-state index is -1.21. The van der Waals surface area contributed by atoms with Gasteiger partial charge >= 0.3 is 0 Å². The highest BCUT2D eigenvalue weighted by Crippen LogP contribution is 2.22. The molecule has 3 rings (SSSR count). The predicted molar refractivity (Wildman–Crippen MR) is 79.5 cm³/mol. The smallest absolute Gasteiger partial charge is 0.289 e. The summed E-state index contributed by atoms with van der Waals surface area (Å²) in [7, 11) is 0. The molecular weight excluding hydrogens is 286 g/mol. The predicted octanol–water partition coefficient (Wildman–Crippen LogP) is -0.119. The molecule has 116 valence electrons. The summed E-state index contributed by atoms with van der Waals surface area (Å²) in [6, 6.07) is 6.77. The number of amides is 1. The zero-order chi connectivity index (χ0) is 15.9. The number of β-amino-alcohol motifs (C(OH)–C–C–N with tert-alkyl or cyclic N) is 1. The molecule has 0 spiro atoms. The number of hydrogen-bond donors (Lipinski definition) is 3. The van der Waals surface area contributed by atoms with Gasteiger partial charge in [-0.05, 0) is 25.5 Å². The lowest BCUT2D eigenvalue weighted by atomic mass is 9.91. The van der Waals surface area contributed by atoms with Crippen LogP contribution in [0.4, 0.5) is 0 Å². The van der Waals surface area contributed by atoms with Crippen LogP contribution in [-0.4, -0.2) is 55.8 Å². The normalized spacial score (nSPS) is 25.4. The molecule has 0 saturated carbocycles. The number of aliphatic hydroxyl groups excluding tert-OH is 1. The lowest BCUT2D eigenvalue weighted by molar-refractivity contribution is -0.100. The molecule has 1 aliphatic rings. The molecule has 1 aromatic carbocycles. The third-order valence-corrected chi connectivity index (χ3v) is 4.10. The highest BCUT2D eigenvalue weighted by atomic mass is 16.3. The van der Waals surface area contributed by atoms with Crippen LogP contribution in [0, 0.1) is 0 Å². The minimum Gasteiger partial charge on any atom is -0.388 e. The molecule has 7 heteroatoms. The van der Waals surface area contributed by atoms with Gasteiger partial charge in [0.05, 0.1) is 22.6 Å². The summed E-state index contributed by atoms with van der Waals surface area (Å²) in [5.74, 6) is -0.519.